The molecule has 0 spiro atoms. The fraction of sp³-hybridized carbons (Fsp3) is 0. The molecule has 1 N–H and O–H groups in total. The molecule has 1 aromatic heterocycles. The largest absolute Gasteiger partial charge is 0.324 e. The van der Waals surface area contributed by atoms with Crippen LogP contribution in [0.1, 0.15) is 0 Å². The highest BCUT2D eigenvalue weighted by atomic mass is 35.5. The molecule has 0 aliphatic rings. The van der Waals surface area contributed by atoms with Crippen LogP contribution in [0.5, 0.6) is 0 Å². The third-order valence-electron chi connectivity index (χ3n) is 2.87. The van der Waals surface area contributed by atoms with Crippen molar-refractivity contribution >= 4 is 23.2 Å². The van der Waals surface area contributed by atoms with Gasteiger partial charge in [0.2, 0.25) is 5.95 Å². The van der Waals surface area contributed by atoms with Crippen LogP contribution in [0.4, 0.5) is 11.6 Å². The highest BCUT2D eigenvalue weighted by molar-refractivity contribution is 6.33. The number of halogens is 1. The first-order valence-electron chi connectivity index (χ1n) is 6.22. The van der Waals surface area contributed by atoms with Crippen molar-refractivity contribution in [2.24, 2.45) is 0 Å². The molecule has 1 heterocycles. The molecule has 4 heteroatoms. The van der Waals surface area contributed by atoms with E-state index in [1.807, 2.05) is 54.6 Å². The van der Waals surface area contributed by atoms with Gasteiger partial charge in [0.05, 0.1) is 0 Å². The topological polar surface area (TPSA) is 37.8 Å². The molecule has 3 rings (SSSR count). The van der Waals surface area contributed by atoms with Gasteiger partial charge in [-0.15, -0.1) is 0 Å². The quantitative estimate of drug-likeness (QED) is 0.766. The average Bonchev–Trinajstić information content (AvgIpc) is 2.50. The molecule has 0 unspecified atom stereocenters. The van der Waals surface area contributed by atoms with E-state index in [0.29, 0.717) is 11.0 Å². The summed E-state index contributed by atoms with van der Waals surface area (Å²) in [4.78, 5) is 8.62. The van der Waals surface area contributed by atoms with Gasteiger partial charge in [0.1, 0.15) is 0 Å². The number of para-hydroxylation sites is 1. The van der Waals surface area contributed by atoms with Crippen LogP contribution in [0.25, 0.3) is 11.1 Å². The first-order chi connectivity index (χ1) is 9.83. The fourth-order valence-electron chi connectivity index (χ4n) is 1.88. The van der Waals surface area contributed by atoms with Crippen LogP contribution in [0.15, 0.2) is 67.0 Å². The molecule has 3 nitrogen and oxygen atoms in total. The lowest BCUT2D eigenvalue weighted by Gasteiger charge is -2.06. The molecule has 20 heavy (non-hydrogen) atoms. The van der Waals surface area contributed by atoms with Gasteiger partial charge >= 0.3 is 0 Å². The lowest BCUT2D eigenvalue weighted by atomic mass is 10.1. The van der Waals surface area contributed by atoms with Gasteiger partial charge in [-0.3, -0.25) is 0 Å². The van der Waals surface area contributed by atoms with Gasteiger partial charge in [-0.1, -0.05) is 48.0 Å². The number of hydrogen-bond acceptors (Lipinski definition) is 3. The number of hydrogen-bond donors (Lipinski definition) is 1. The Hall–Kier alpha value is -2.39. The molecule has 2 aromatic carbocycles. The first-order valence-corrected chi connectivity index (χ1v) is 6.60. The summed E-state index contributed by atoms with van der Waals surface area (Å²) in [6.45, 7) is 0. The van der Waals surface area contributed by atoms with E-state index in [-0.39, 0.29) is 0 Å². The van der Waals surface area contributed by atoms with Crippen LogP contribution in [0.3, 0.4) is 0 Å². The maximum atomic E-state index is 6.16. The number of rotatable bonds is 3. The summed E-state index contributed by atoms with van der Waals surface area (Å²) in [5, 5.41) is 3.84. The smallest absolute Gasteiger partial charge is 0.227 e. The Morgan fingerprint density at radius 2 is 1.45 bits per heavy atom. The van der Waals surface area contributed by atoms with Crippen LogP contribution in [-0.2, 0) is 0 Å². The van der Waals surface area contributed by atoms with E-state index in [2.05, 4.69) is 15.3 Å². The summed E-state index contributed by atoms with van der Waals surface area (Å²) < 4.78 is 0. The third kappa shape index (κ3) is 2.78. The van der Waals surface area contributed by atoms with Crippen molar-refractivity contribution in [2.45, 2.75) is 0 Å². The predicted molar refractivity (Wildman–Crippen MR) is 82.2 cm³/mol. The average molecular weight is 282 g/mol. The maximum Gasteiger partial charge on any atom is 0.227 e. The molecule has 0 aliphatic carbocycles. The van der Waals surface area contributed by atoms with Gasteiger partial charge in [-0.05, 0) is 18.2 Å². The zero-order valence-electron chi connectivity index (χ0n) is 10.6. The Morgan fingerprint density at radius 3 is 2.15 bits per heavy atom. The summed E-state index contributed by atoms with van der Waals surface area (Å²) >= 11 is 6.16. The summed E-state index contributed by atoms with van der Waals surface area (Å²) in [6.07, 6.45) is 3.53. The molecule has 0 amide bonds. The molecule has 0 radical (unpaired) electrons. The minimum absolute atomic E-state index is 0.562. The summed E-state index contributed by atoms with van der Waals surface area (Å²) in [6, 6.07) is 17.5. The summed E-state index contributed by atoms with van der Waals surface area (Å²) in [5.41, 5.74) is 2.78. The number of nitrogens with zero attached hydrogens (tertiary/aromatic N) is 2. The van der Waals surface area contributed by atoms with Crippen molar-refractivity contribution in [2.75, 3.05) is 5.32 Å². The maximum absolute atomic E-state index is 6.16. The Balaban J connectivity index is 1.83. The number of anilines is 2. The molecule has 0 saturated heterocycles. The highest BCUT2D eigenvalue weighted by Gasteiger charge is 2.04. The van der Waals surface area contributed by atoms with Crippen molar-refractivity contribution in [1.82, 2.24) is 9.97 Å². The molecule has 0 fully saturated rings. The summed E-state index contributed by atoms with van der Waals surface area (Å²) in [7, 11) is 0. The zero-order chi connectivity index (χ0) is 13.8. The normalized spacial score (nSPS) is 10.2. The Morgan fingerprint density at radius 1 is 0.800 bits per heavy atom. The number of benzene rings is 2. The van der Waals surface area contributed by atoms with Crippen LogP contribution < -0.4 is 5.32 Å². The van der Waals surface area contributed by atoms with E-state index in [1.165, 1.54) is 0 Å². The lowest BCUT2D eigenvalue weighted by Crippen LogP contribution is -1.96. The van der Waals surface area contributed by atoms with Crippen molar-refractivity contribution in [3.05, 3.63) is 72.0 Å². The predicted octanol–water partition coefficient (Wildman–Crippen LogP) is 4.54. The van der Waals surface area contributed by atoms with Crippen molar-refractivity contribution in [3.8, 4) is 11.1 Å². The highest BCUT2D eigenvalue weighted by Crippen LogP contribution is 2.26. The second kappa shape index (κ2) is 5.72. The van der Waals surface area contributed by atoms with E-state index in [0.717, 1.165) is 16.8 Å². The molecular weight excluding hydrogens is 270 g/mol. The van der Waals surface area contributed by atoms with Gasteiger partial charge in [0, 0.05) is 34.2 Å². The molecule has 3 aromatic rings. The van der Waals surface area contributed by atoms with E-state index in [9.17, 15) is 0 Å². The minimum atomic E-state index is 0.562. The molecular formula is C16H12ClN3. The van der Waals surface area contributed by atoms with Gasteiger partial charge in [0.15, 0.2) is 0 Å². The Labute approximate surface area is 122 Å². The molecule has 0 bridgehead atoms. The molecule has 0 saturated carbocycles. The fourth-order valence-corrected chi connectivity index (χ4v) is 2.12. The second-order valence-corrected chi connectivity index (χ2v) is 4.67. The standard InChI is InChI=1S/C16H12ClN3/c17-15-9-5-4-8-14(15)12-10-18-16(19-11-12)20-13-6-2-1-3-7-13/h1-11H,(H,18,19,20). The third-order valence-corrected chi connectivity index (χ3v) is 3.20. The van der Waals surface area contributed by atoms with E-state index in [1.54, 1.807) is 12.4 Å². The minimum Gasteiger partial charge on any atom is -0.324 e. The lowest BCUT2D eigenvalue weighted by molar-refractivity contribution is 1.17. The molecule has 0 atom stereocenters. The van der Waals surface area contributed by atoms with Crippen molar-refractivity contribution in [3.63, 3.8) is 0 Å². The van der Waals surface area contributed by atoms with Crippen LogP contribution in [0.2, 0.25) is 5.02 Å². The number of aromatic nitrogens is 2. The van der Waals surface area contributed by atoms with E-state index >= 15 is 0 Å². The van der Waals surface area contributed by atoms with Gasteiger partial charge in [-0.2, -0.15) is 0 Å². The SMILES string of the molecule is Clc1ccccc1-c1cnc(Nc2ccccc2)nc1. The van der Waals surface area contributed by atoms with Gasteiger partial charge in [-0.25, -0.2) is 9.97 Å². The van der Waals surface area contributed by atoms with Crippen molar-refractivity contribution in [1.29, 1.82) is 0 Å². The monoisotopic (exact) mass is 281 g/mol. The van der Waals surface area contributed by atoms with Gasteiger partial charge in [0.25, 0.3) is 0 Å². The zero-order valence-corrected chi connectivity index (χ0v) is 11.4. The Bertz CT molecular complexity index is 696. The van der Waals surface area contributed by atoms with Crippen molar-refractivity contribution < 1.29 is 0 Å². The second-order valence-electron chi connectivity index (χ2n) is 4.27. The molecule has 98 valence electrons. The van der Waals surface area contributed by atoms with E-state index < -0.39 is 0 Å². The Kier molecular flexibility index (Phi) is 3.61. The van der Waals surface area contributed by atoms with Crippen LogP contribution >= 0.6 is 11.6 Å². The summed E-state index contributed by atoms with van der Waals surface area (Å²) in [5.74, 6) is 0.562. The van der Waals surface area contributed by atoms with Crippen LogP contribution in [-0.4, -0.2) is 9.97 Å². The molecule has 0 aliphatic heterocycles. The van der Waals surface area contributed by atoms with Gasteiger partial charge < -0.3 is 5.32 Å². The van der Waals surface area contributed by atoms with Crippen LogP contribution in [0, 0.1) is 0 Å². The van der Waals surface area contributed by atoms with E-state index in [4.69, 9.17) is 11.6 Å². The first kappa shape index (κ1) is 12.6. The number of nitrogens with one attached hydrogen (secondary N) is 1.